The summed E-state index contributed by atoms with van der Waals surface area (Å²) in [6.45, 7) is 0.323. The first-order valence-electron chi connectivity index (χ1n) is 6.47. The molecule has 1 N–H and O–H groups in total. The first kappa shape index (κ1) is 13.5. The van der Waals surface area contributed by atoms with Gasteiger partial charge in [-0.05, 0) is 11.6 Å². The van der Waals surface area contributed by atoms with Crippen LogP contribution in [0.2, 0.25) is 0 Å². The van der Waals surface area contributed by atoms with Crippen LogP contribution in [0.25, 0.3) is 10.9 Å². The fraction of sp³-hybridized carbons (Fsp3) is 0.125. The summed E-state index contributed by atoms with van der Waals surface area (Å²) in [7, 11) is 1.92. The molecule has 0 fully saturated rings. The maximum absolute atomic E-state index is 13.6. The molecular weight excluding hydrogens is 277 g/mol. The number of anilines is 1. The third-order valence-corrected chi connectivity index (χ3v) is 3.46. The fourth-order valence-corrected chi connectivity index (χ4v) is 2.41. The van der Waals surface area contributed by atoms with Gasteiger partial charge in [0, 0.05) is 42.8 Å². The molecule has 0 amide bonds. The number of fused-ring (bicyclic) bond motifs is 1. The molecule has 108 valence electrons. The molecule has 1 aromatic heterocycles. The van der Waals surface area contributed by atoms with Crippen LogP contribution in [0, 0.1) is 17.5 Å². The van der Waals surface area contributed by atoms with Gasteiger partial charge < -0.3 is 9.88 Å². The topological polar surface area (TPSA) is 17.0 Å². The molecule has 0 aliphatic heterocycles. The van der Waals surface area contributed by atoms with Crippen LogP contribution in [0.3, 0.4) is 0 Å². The van der Waals surface area contributed by atoms with E-state index in [4.69, 9.17) is 0 Å². The van der Waals surface area contributed by atoms with Gasteiger partial charge >= 0.3 is 0 Å². The summed E-state index contributed by atoms with van der Waals surface area (Å²) < 4.78 is 41.6. The average molecular weight is 290 g/mol. The van der Waals surface area contributed by atoms with Crippen molar-refractivity contribution in [2.24, 2.45) is 7.05 Å². The summed E-state index contributed by atoms with van der Waals surface area (Å²) in [6, 6.07) is 9.18. The lowest BCUT2D eigenvalue weighted by atomic mass is 10.1. The van der Waals surface area contributed by atoms with Crippen LogP contribution < -0.4 is 5.32 Å². The first-order chi connectivity index (χ1) is 10.1. The smallest absolute Gasteiger partial charge is 0.161 e. The van der Waals surface area contributed by atoms with Crippen LogP contribution in [0.15, 0.2) is 42.6 Å². The van der Waals surface area contributed by atoms with Crippen LogP contribution in [0.5, 0.6) is 0 Å². The van der Waals surface area contributed by atoms with Crippen LogP contribution in [-0.4, -0.2) is 4.57 Å². The molecule has 3 aromatic rings. The molecule has 0 radical (unpaired) electrons. The highest BCUT2D eigenvalue weighted by atomic mass is 19.2. The number of rotatable bonds is 3. The maximum Gasteiger partial charge on any atom is 0.161 e. The standard InChI is InChI=1S/C16H13F3N2/c1-21-9-10(11-4-2-3-5-16(11)21)8-20-15-7-13(18)12(17)6-14(15)19/h2-7,9,20H,8H2,1H3. The summed E-state index contributed by atoms with van der Waals surface area (Å²) in [4.78, 5) is 0. The molecule has 0 aliphatic carbocycles. The summed E-state index contributed by atoms with van der Waals surface area (Å²) in [5.74, 6) is -3.07. The van der Waals surface area contributed by atoms with Crippen molar-refractivity contribution in [3.63, 3.8) is 0 Å². The van der Waals surface area contributed by atoms with Gasteiger partial charge in [0.05, 0.1) is 5.69 Å². The Hall–Kier alpha value is -2.43. The Morgan fingerprint density at radius 3 is 2.52 bits per heavy atom. The number of para-hydroxylation sites is 1. The second-order valence-electron chi connectivity index (χ2n) is 4.88. The second kappa shape index (κ2) is 5.16. The quantitative estimate of drug-likeness (QED) is 0.715. The number of hydrogen-bond acceptors (Lipinski definition) is 1. The maximum atomic E-state index is 13.6. The van der Waals surface area contributed by atoms with E-state index in [1.807, 2.05) is 42.1 Å². The van der Waals surface area contributed by atoms with E-state index in [0.29, 0.717) is 12.6 Å². The summed E-state index contributed by atoms with van der Waals surface area (Å²) >= 11 is 0. The highest BCUT2D eigenvalue weighted by Crippen LogP contribution is 2.23. The van der Waals surface area contributed by atoms with Crippen molar-refractivity contribution in [3.8, 4) is 0 Å². The molecule has 0 spiro atoms. The molecule has 0 aliphatic rings. The van der Waals surface area contributed by atoms with Crippen LogP contribution in [0.4, 0.5) is 18.9 Å². The predicted molar refractivity (Wildman–Crippen MR) is 76.6 cm³/mol. The molecule has 5 heteroatoms. The highest BCUT2D eigenvalue weighted by Gasteiger charge is 2.11. The lowest BCUT2D eigenvalue weighted by molar-refractivity contribution is 0.496. The number of hydrogen-bond donors (Lipinski definition) is 1. The van der Waals surface area contributed by atoms with Crippen LogP contribution >= 0.6 is 0 Å². The molecule has 0 atom stereocenters. The SMILES string of the molecule is Cn1cc(CNc2cc(F)c(F)cc2F)c2ccccc21. The zero-order chi connectivity index (χ0) is 15.0. The average Bonchev–Trinajstić information content (AvgIpc) is 2.79. The highest BCUT2D eigenvalue weighted by molar-refractivity contribution is 5.84. The Labute approximate surface area is 119 Å². The van der Waals surface area contributed by atoms with E-state index in [1.54, 1.807) is 0 Å². The van der Waals surface area contributed by atoms with Crippen molar-refractivity contribution in [2.75, 3.05) is 5.32 Å². The summed E-state index contributed by atoms with van der Waals surface area (Å²) in [5, 5.41) is 3.85. The number of nitrogens with zero attached hydrogens (tertiary/aromatic N) is 1. The molecule has 0 bridgehead atoms. The van der Waals surface area contributed by atoms with Crippen molar-refractivity contribution in [3.05, 3.63) is 65.6 Å². The molecule has 2 aromatic carbocycles. The minimum absolute atomic E-state index is 0.0539. The number of benzene rings is 2. The van der Waals surface area contributed by atoms with Crippen molar-refractivity contribution >= 4 is 16.6 Å². The number of aromatic nitrogens is 1. The van der Waals surface area contributed by atoms with Crippen molar-refractivity contribution in [1.29, 1.82) is 0 Å². The third kappa shape index (κ3) is 2.46. The van der Waals surface area contributed by atoms with Gasteiger partial charge in [-0.25, -0.2) is 13.2 Å². The molecular formula is C16H13F3N2. The fourth-order valence-electron chi connectivity index (χ4n) is 2.41. The van der Waals surface area contributed by atoms with E-state index in [9.17, 15) is 13.2 Å². The van der Waals surface area contributed by atoms with Gasteiger partial charge in [-0.1, -0.05) is 18.2 Å². The first-order valence-corrected chi connectivity index (χ1v) is 6.47. The molecule has 1 heterocycles. The van der Waals surface area contributed by atoms with Crippen molar-refractivity contribution < 1.29 is 13.2 Å². The zero-order valence-electron chi connectivity index (χ0n) is 11.3. The van der Waals surface area contributed by atoms with E-state index in [2.05, 4.69) is 5.32 Å². The molecule has 3 rings (SSSR count). The van der Waals surface area contributed by atoms with E-state index in [-0.39, 0.29) is 5.69 Å². The van der Waals surface area contributed by atoms with E-state index in [1.165, 1.54) is 0 Å². The van der Waals surface area contributed by atoms with Gasteiger partial charge in [-0.3, -0.25) is 0 Å². The van der Waals surface area contributed by atoms with Gasteiger partial charge in [0.1, 0.15) is 5.82 Å². The van der Waals surface area contributed by atoms with Crippen LogP contribution in [-0.2, 0) is 13.6 Å². The lowest BCUT2D eigenvalue weighted by Crippen LogP contribution is -2.02. The Morgan fingerprint density at radius 2 is 1.71 bits per heavy atom. The molecule has 2 nitrogen and oxygen atoms in total. The minimum atomic E-state index is -1.19. The Morgan fingerprint density at radius 1 is 1.00 bits per heavy atom. The Balaban J connectivity index is 1.89. The Bertz CT molecular complexity index is 809. The van der Waals surface area contributed by atoms with Gasteiger partial charge in [-0.2, -0.15) is 0 Å². The van der Waals surface area contributed by atoms with Gasteiger partial charge in [-0.15, -0.1) is 0 Å². The summed E-state index contributed by atoms with van der Waals surface area (Å²) in [5.41, 5.74) is 1.96. The number of nitrogens with one attached hydrogen (secondary N) is 1. The second-order valence-corrected chi connectivity index (χ2v) is 4.88. The van der Waals surface area contributed by atoms with Gasteiger partial charge in [0.2, 0.25) is 0 Å². The monoisotopic (exact) mass is 290 g/mol. The molecule has 0 saturated heterocycles. The van der Waals surface area contributed by atoms with Gasteiger partial charge in [0.15, 0.2) is 11.6 Å². The third-order valence-electron chi connectivity index (χ3n) is 3.46. The minimum Gasteiger partial charge on any atom is -0.378 e. The van der Waals surface area contributed by atoms with Crippen molar-refractivity contribution in [1.82, 2.24) is 4.57 Å². The van der Waals surface area contributed by atoms with Crippen LogP contribution in [0.1, 0.15) is 5.56 Å². The zero-order valence-corrected chi connectivity index (χ0v) is 11.3. The lowest BCUT2D eigenvalue weighted by Gasteiger charge is -2.07. The predicted octanol–water partition coefficient (Wildman–Crippen LogP) is 4.21. The van der Waals surface area contributed by atoms with E-state index < -0.39 is 17.5 Å². The number of aryl methyl sites for hydroxylation is 1. The normalized spacial score (nSPS) is 11.0. The van der Waals surface area contributed by atoms with E-state index >= 15 is 0 Å². The molecule has 21 heavy (non-hydrogen) atoms. The van der Waals surface area contributed by atoms with Gasteiger partial charge in [0.25, 0.3) is 0 Å². The largest absolute Gasteiger partial charge is 0.378 e. The Kier molecular flexibility index (Phi) is 3.33. The van der Waals surface area contributed by atoms with E-state index in [0.717, 1.165) is 22.5 Å². The number of halogens is 3. The molecule has 0 unspecified atom stereocenters. The summed E-state index contributed by atoms with van der Waals surface area (Å²) in [6.07, 6.45) is 1.93. The molecule has 0 saturated carbocycles. The van der Waals surface area contributed by atoms with Crippen molar-refractivity contribution in [2.45, 2.75) is 6.54 Å².